The Bertz CT molecular complexity index is 379. The number of rotatable bonds is 10. The number of nitrogens with two attached hydrogens (primary N) is 1. The largest absolute Gasteiger partial charge is 0.491 e. The summed E-state index contributed by atoms with van der Waals surface area (Å²) in [5.74, 6) is 5.45. The van der Waals surface area contributed by atoms with Gasteiger partial charge in [-0.25, -0.2) is 5.84 Å². The summed E-state index contributed by atoms with van der Waals surface area (Å²) in [4.78, 5) is 11.2. The van der Waals surface area contributed by atoms with Crippen molar-refractivity contribution in [1.29, 1.82) is 0 Å². The topological polar surface area (TPSA) is 73.6 Å². The molecular weight excluding hydrogens is 256 g/mol. The quantitative estimate of drug-likeness (QED) is 0.298. The van der Waals surface area contributed by atoms with E-state index < -0.39 is 0 Å². The number of carbonyl (C=O) groups excluding carboxylic acids is 1. The average Bonchev–Trinajstić information content (AvgIpc) is 2.50. The lowest BCUT2D eigenvalue weighted by molar-refractivity contribution is 0.0951. The molecule has 0 atom stereocenters. The van der Waals surface area contributed by atoms with E-state index in [9.17, 15) is 4.79 Å². The van der Waals surface area contributed by atoms with E-state index in [0.29, 0.717) is 24.5 Å². The summed E-state index contributed by atoms with van der Waals surface area (Å²) in [7, 11) is 0. The van der Waals surface area contributed by atoms with Crippen molar-refractivity contribution in [3.05, 3.63) is 29.8 Å². The molecule has 0 unspecified atom stereocenters. The van der Waals surface area contributed by atoms with Gasteiger partial charge < -0.3 is 9.47 Å². The molecule has 1 amide bonds. The molecule has 0 aliphatic rings. The standard InChI is InChI=1S/C15H24N2O3/c1-2-3-4-5-10-19-11-12-20-14-8-6-13(7-9-14)15(18)17-16/h6-9H,2-5,10-12,16H2,1H3,(H,17,18). The van der Waals surface area contributed by atoms with E-state index in [-0.39, 0.29) is 5.91 Å². The molecule has 20 heavy (non-hydrogen) atoms. The summed E-state index contributed by atoms with van der Waals surface area (Å²) in [6.45, 7) is 4.07. The summed E-state index contributed by atoms with van der Waals surface area (Å²) < 4.78 is 11.0. The Morgan fingerprint density at radius 2 is 1.85 bits per heavy atom. The molecule has 0 aliphatic carbocycles. The van der Waals surface area contributed by atoms with Crippen molar-refractivity contribution in [2.24, 2.45) is 5.84 Å². The Morgan fingerprint density at radius 3 is 2.50 bits per heavy atom. The van der Waals surface area contributed by atoms with E-state index in [1.807, 2.05) is 0 Å². The van der Waals surface area contributed by atoms with Crippen molar-refractivity contribution in [3.8, 4) is 5.75 Å². The number of carbonyl (C=O) groups is 1. The monoisotopic (exact) mass is 280 g/mol. The van der Waals surface area contributed by atoms with Crippen LogP contribution in [0.5, 0.6) is 5.75 Å². The van der Waals surface area contributed by atoms with Gasteiger partial charge >= 0.3 is 0 Å². The van der Waals surface area contributed by atoms with Crippen LogP contribution in [0.15, 0.2) is 24.3 Å². The van der Waals surface area contributed by atoms with E-state index in [4.69, 9.17) is 15.3 Å². The third-order valence-corrected chi connectivity index (χ3v) is 2.89. The molecule has 0 saturated heterocycles. The van der Waals surface area contributed by atoms with Crippen molar-refractivity contribution >= 4 is 5.91 Å². The first-order valence-corrected chi connectivity index (χ1v) is 7.09. The average molecular weight is 280 g/mol. The Balaban J connectivity index is 2.11. The molecule has 5 nitrogen and oxygen atoms in total. The summed E-state index contributed by atoms with van der Waals surface area (Å²) >= 11 is 0. The van der Waals surface area contributed by atoms with Crippen LogP contribution in [-0.4, -0.2) is 25.7 Å². The highest BCUT2D eigenvalue weighted by Crippen LogP contribution is 2.11. The summed E-state index contributed by atoms with van der Waals surface area (Å²) in [6, 6.07) is 6.82. The van der Waals surface area contributed by atoms with Crippen LogP contribution in [0, 0.1) is 0 Å². The molecule has 112 valence electrons. The maximum absolute atomic E-state index is 11.2. The van der Waals surface area contributed by atoms with Crippen molar-refractivity contribution in [3.63, 3.8) is 0 Å². The normalized spacial score (nSPS) is 10.3. The van der Waals surface area contributed by atoms with Gasteiger partial charge in [-0.1, -0.05) is 26.2 Å². The molecule has 0 heterocycles. The number of unbranched alkanes of at least 4 members (excludes halogenated alkanes) is 3. The first kappa shape index (κ1) is 16.5. The lowest BCUT2D eigenvalue weighted by atomic mass is 10.2. The molecule has 1 rings (SSSR count). The summed E-state index contributed by atoms with van der Waals surface area (Å²) in [5.41, 5.74) is 2.59. The van der Waals surface area contributed by atoms with Gasteiger partial charge in [0.2, 0.25) is 0 Å². The lowest BCUT2D eigenvalue weighted by Gasteiger charge is -2.07. The van der Waals surface area contributed by atoms with E-state index >= 15 is 0 Å². The predicted octanol–water partition coefficient (Wildman–Crippen LogP) is 2.27. The number of hydrogen-bond acceptors (Lipinski definition) is 4. The van der Waals surface area contributed by atoms with E-state index in [1.165, 1.54) is 19.3 Å². The van der Waals surface area contributed by atoms with Crippen LogP contribution in [0.1, 0.15) is 43.0 Å². The minimum atomic E-state index is -0.313. The van der Waals surface area contributed by atoms with Crippen LogP contribution >= 0.6 is 0 Å². The Kier molecular flexibility index (Phi) is 8.42. The summed E-state index contributed by atoms with van der Waals surface area (Å²) in [6.07, 6.45) is 4.84. The second kappa shape index (κ2) is 10.2. The van der Waals surface area contributed by atoms with Crippen molar-refractivity contribution in [1.82, 2.24) is 5.43 Å². The second-order valence-electron chi connectivity index (χ2n) is 4.52. The number of nitrogen functional groups attached to an aromatic ring is 1. The van der Waals surface area contributed by atoms with Gasteiger partial charge in [0.25, 0.3) is 5.91 Å². The van der Waals surface area contributed by atoms with Gasteiger partial charge in [-0.15, -0.1) is 0 Å². The molecule has 0 saturated carbocycles. The molecule has 1 aromatic carbocycles. The van der Waals surface area contributed by atoms with Crippen LogP contribution in [0.4, 0.5) is 0 Å². The maximum Gasteiger partial charge on any atom is 0.265 e. The molecule has 0 bridgehead atoms. The number of ether oxygens (including phenoxy) is 2. The van der Waals surface area contributed by atoms with Gasteiger partial charge in [0, 0.05) is 12.2 Å². The predicted molar refractivity (Wildman–Crippen MR) is 78.6 cm³/mol. The number of nitrogens with one attached hydrogen (secondary N) is 1. The lowest BCUT2D eigenvalue weighted by Crippen LogP contribution is -2.29. The fourth-order valence-electron chi connectivity index (χ4n) is 1.74. The Morgan fingerprint density at radius 1 is 1.10 bits per heavy atom. The van der Waals surface area contributed by atoms with Gasteiger partial charge in [0.15, 0.2) is 0 Å². The second-order valence-corrected chi connectivity index (χ2v) is 4.52. The molecule has 0 radical (unpaired) electrons. The zero-order chi connectivity index (χ0) is 14.6. The number of benzene rings is 1. The number of amides is 1. The van der Waals surface area contributed by atoms with Crippen LogP contribution in [-0.2, 0) is 4.74 Å². The van der Waals surface area contributed by atoms with E-state index in [1.54, 1.807) is 24.3 Å². The van der Waals surface area contributed by atoms with Gasteiger partial charge in [0.1, 0.15) is 12.4 Å². The van der Waals surface area contributed by atoms with Crippen LogP contribution < -0.4 is 16.0 Å². The van der Waals surface area contributed by atoms with Gasteiger partial charge in [-0.05, 0) is 30.7 Å². The van der Waals surface area contributed by atoms with Gasteiger partial charge in [-0.2, -0.15) is 0 Å². The molecule has 0 fully saturated rings. The minimum Gasteiger partial charge on any atom is -0.491 e. The highest BCUT2D eigenvalue weighted by atomic mass is 16.5. The first-order valence-electron chi connectivity index (χ1n) is 7.09. The molecule has 3 N–H and O–H groups in total. The molecule has 0 spiro atoms. The van der Waals surface area contributed by atoms with E-state index in [0.717, 1.165) is 13.0 Å². The Hall–Kier alpha value is -1.59. The summed E-state index contributed by atoms with van der Waals surface area (Å²) in [5, 5.41) is 0. The van der Waals surface area contributed by atoms with E-state index in [2.05, 4.69) is 12.3 Å². The molecule has 1 aromatic rings. The smallest absolute Gasteiger partial charge is 0.265 e. The van der Waals surface area contributed by atoms with Gasteiger partial charge in [-0.3, -0.25) is 10.2 Å². The molecule has 0 aromatic heterocycles. The number of hydrazine groups is 1. The zero-order valence-corrected chi connectivity index (χ0v) is 12.1. The van der Waals surface area contributed by atoms with Crippen molar-refractivity contribution < 1.29 is 14.3 Å². The number of hydrogen-bond donors (Lipinski definition) is 2. The SMILES string of the molecule is CCCCCCOCCOc1ccc(C(=O)NN)cc1. The van der Waals surface area contributed by atoms with Crippen molar-refractivity contribution in [2.45, 2.75) is 32.6 Å². The van der Waals surface area contributed by atoms with Crippen LogP contribution in [0.2, 0.25) is 0 Å². The molecule has 0 aliphatic heterocycles. The van der Waals surface area contributed by atoms with Crippen molar-refractivity contribution in [2.75, 3.05) is 19.8 Å². The molecule has 5 heteroatoms. The van der Waals surface area contributed by atoms with Crippen LogP contribution in [0.3, 0.4) is 0 Å². The van der Waals surface area contributed by atoms with Crippen LogP contribution in [0.25, 0.3) is 0 Å². The first-order chi connectivity index (χ1) is 9.77. The fourth-order valence-corrected chi connectivity index (χ4v) is 1.74. The fraction of sp³-hybridized carbons (Fsp3) is 0.533. The third kappa shape index (κ3) is 6.54. The van der Waals surface area contributed by atoms with Gasteiger partial charge in [0.05, 0.1) is 6.61 Å². The highest BCUT2D eigenvalue weighted by Gasteiger charge is 2.02. The Labute approximate surface area is 120 Å². The minimum absolute atomic E-state index is 0.313. The molecular formula is C15H24N2O3. The highest BCUT2D eigenvalue weighted by molar-refractivity contribution is 5.93. The maximum atomic E-state index is 11.2. The zero-order valence-electron chi connectivity index (χ0n) is 12.1. The third-order valence-electron chi connectivity index (χ3n) is 2.89.